The molecule has 0 N–H and O–H groups in total. The lowest BCUT2D eigenvalue weighted by molar-refractivity contribution is 0.628. The van der Waals surface area contributed by atoms with Gasteiger partial charge in [-0.25, -0.2) is 0 Å². The second kappa shape index (κ2) is 14.7. The van der Waals surface area contributed by atoms with Gasteiger partial charge in [-0.05, 0) is 6.92 Å². The minimum Gasteiger partial charge on any atom is -0.102 e. The molecule has 0 unspecified atom stereocenters. The van der Waals surface area contributed by atoms with Gasteiger partial charge < -0.3 is 0 Å². The van der Waals surface area contributed by atoms with Crippen molar-refractivity contribution in [2.75, 3.05) is 0 Å². The molecule has 0 saturated heterocycles. The molecule has 0 aliphatic heterocycles. The van der Waals surface area contributed by atoms with E-state index in [4.69, 9.17) is 0 Å². The first-order chi connectivity index (χ1) is 6.62. The van der Waals surface area contributed by atoms with Gasteiger partial charge in [-0.1, -0.05) is 71.9 Å². The van der Waals surface area contributed by atoms with Gasteiger partial charge in [-0.2, -0.15) is 0 Å². The van der Waals surface area contributed by atoms with Crippen LogP contribution in [0.25, 0.3) is 0 Å². The summed E-state index contributed by atoms with van der Waals surface area (Å²) in [4.78, 5) is 0. The van der Waals surface area contributed by atoms with Crippen molar-refractivity contribution < 1.29 is 0 Å². The summed E-state index contributed by atoms with van der Waals surface area (Å²) in [6.07, 6.45) is 10.1. The summed E-state index contributed by atoms with van der Waals surface area (Å²) in [5, 5.41) is 0. The second-order valence-corrected chi connectivity index (χ2v) is 2.91. The van der Waals surface area contributed by atoms with Crippen molar-refractivity contribution >= 4 is 0 Å². The van der Waals surface area contributed by atoms with Crippen molar-refractivity contribution in [2.24, 2.45) is 5.41 Å². The van der Waals surface area contributed by atoms with E-state index in [2.05, 4.69) is 26.5 Å². The Kier molecular flexibility index (Phi) is 19.9. The van der Waals surface area contributed by atoms with Crippen molar-refractivity contribution in [3.8, 4) is 0 Å². The Labute approximate surface area is 91.4 Å². The summed E-state index contributed by atoms with van der Waals surface area (Å²) >= 11 is 0. The lowest BCUT2D eigenvalue weighted by Gasteiger charge is -2.12. The quantitative estimate of drug-likeness (QED) is 0.420. The first-order valence-electron chi connectivity index (χ1n) is 5.56. The average molecular weight is 196 g/mol. The van der Waals surface area contributed by atoms with Gasteiger partial charge in [0.15, 0.2) is 0 Å². The highest BCUT2D eigenvalue weighted by Crippen LogP contribution is 2.17. The van der Waals surface area contributed by atoms with Crippen LogP contribution in [0, 0.1) is 5.41 Å². The van der Waals surface area contributed by atoms with Gasteiger partial charge in [0, 0.05) is 5.41 Å². The fraction of sp³-hybridized carbons (Fsp3) is 0.571. The first kappa shape index (κ1) is 18.9. The molecule has 0 heterocycles. The molecule has 0 spiro atoms. The van der Waals surface area contributed by atoms with Crippen molar-refractivity contribution in [3.05, 3.63) is 37.0 Å². The lowest BCUT2D eigenvalue weighted by atomic mass is 9.93. The van der Waals surface area contributed by atoms with Gasteiger partial charge in [0.1, 0.15) is 0 Å². The Balaban J connectivity index is -0.000000266. The Bertz CT molecular complexity index is 147. The third kappa shape index (κ3) is 17.3. The van der Waals surface area contributed by atoms with Crippen molar-refractivity contribution in [1.29, 1.82) is 0 Å². The van der Waals surface area contributed by atoms with E-state index in [-0.39, 0.29) is 5.41 Å². The highest BCUT2D eigenvalue weighted by Gasteiger charge is 2.04. The summed E-state index contributed by atoms with van der Waals surface area (Å²) < 4.78 is 0. The van der Waals surface area contributed by atoms with Crippen LogP contribution < -0.4 is 0 Å². The van der Waals surface area contributed by atoms with E-state index in [0.717, 1.165) is 0 Å². The minimum atomic E-state index is 0.125. The summed E-state index contributed by atoms with van der Waals surface area (Å²) in [5.74, 6) is 0. The standard InChI is InChI=1S/C10H16.2C2H6/c1-5-7-8-9-10(3,4)6-2;2*1-2/h5-9H,2H2,1,3-4H3;2*1-2H3/b7-5-,9-8-;;. The van der Waals surface area contributed by atoms with Crippen LogP contribution in [-0.4, -0.2) is 0 Å². The Hall–Kier alpha value is -0.780. The van der Waals surface area contributed by atoms with E-state index in [1.807, 2.05) is 58.9 Å². The van der Waals surface area contributed by atoms with E-state index >= 15 is 0 Å². The van der Waals surface area contributed by atoms with Crippen LogP contribution in [0.2, 0.25) is 0 Å². The summed E-state index contributed by atoms with van der Waals surface area (Å²) in [5.41, 5.74) is 0.125. The molecule has 0 bridgehead atoms. The predicted molar refractivity (Wildman–Crippen MR) is 70.6 cm³/mol. The number of hydrogen-bond donors (Lipinski definition) is 0. The van der Waals surface area contributed by atoms with Crippen LogP contribution in [0.1, 0.15) is 48.5 Å². The van der Waals surface area contributed by atoms with E-state index in [1.54, 1.807) is 0 Å². The average Bonchev–Trinajstić information content (AvgIpc) is 2.24. The fourth-order valence-corrected chi connectivity index (χ4v) is 0.483. The predicted octanol–water partition coefficient (Wildman–Crippen LogP) is 5.38. The molecule has 0 saturated carbocycles. The summed E-state index contributed by atoms with van der Waals surface area (Å²) in [7, 11) is 0. The summed E-state index contributed by atoms with van der Waals surface area (Å²) in [6.45, 7) is 18.0. The number of hydrogen-bond acceptors (Lipinski definition) is 0. The van der Waals surface area contributed by atoms with Crippen molar-refractivity contribution in [1.82, 2.24) is 0 Å². The number of allylic oxidation sites excluding steroid dienone is 5. The summed E-state index contributed by atoms with van der Waals surface area (Å²) in [6, 6.07) is 0. The van der Waals surface area contributed by atoms with Crippen LogP contribution in [0.15, 0.2) is 37.0 Å². The zero-order valence-electron chi connectivity index (χ0n) is 11.1. The maximum atomic E-state index is 3.74. The van der Waals surface area contributed by atoms with Crippen LogP contribution in [0.5, 0.6) is 0 Å². The van der Waals surface area contributed by atoms with Crippen LogP contribution in [0.4, 0.5) is 0 Å². The molecule has 0 rings (SSSR count). The third-order valence-corrected chi connectivity index (χ3v) is 1.36. The van der Waals surface area contributed by atoms with E-state index in [9.17, 15) is 0 Å². The number of rotatable bonds is 3. The van der Waals surface area contributed by atoms with Gasteiger partial charge in [0.05, 0.1) is 0 Å². The molecule has 0 aromatic heterocycles. The Morgan fingerprint density at radius 3 is 1.64 bits per heavy atom. The monoisotopic (exact) mass is 196 g/mol. The van der Waals surface area contributed by atoms with E-state index < -0.39 is 0 Å². The normalized spacial score (nSPS) is 10.2. The Morgan fingerprint density at radius 1 is 0.929 bits per heavy atom. The smallest absolute Gasteiger partial charge is 0.000484 e. The third-order valence-electron chi connectivity index (χ3n) is 1.36. The molecule has 0 amide bonds. The molecule has 0 aliphatic carbocycles. The molecule has 0 nitrogen and oxygen atoms in total. The topological polar surface area (TPSA) is 0 Å². The molecular weight excluding hydrogens is 168 g/mol. The molecule has 14 heavy (non-hydrogen) atoms. The zero-order valence-corrected chi connectivity index (χ0v) is 11.1. The van der Waals surface area contributed by atoms with E-state index in [0.29, 0.717) is 0 Å². The molecule has 0 heteroatoms. The van der Waals surface area contributed by atoms with Gasteiger partial charge in [0.25, 0.3) is 0 Å². The molecule has 0 aromatic rings. The second-order valence-electron chi connectivity index (χ2n) is 2.91. The Morgan fingerprint density at radius 2 is 1.36 bits per heavy atom. The highest BCUT2D eigenvalue weighted by atomic mass is 14.1. The largest absolute Gasteiger partial charge is 0.102 e. The molecule has 0 radical (unpaired) electrons. The molecule has 84 valence electrons. The lowest BCUT2D eigenvalue weighted by Crippen LogP contribution is -2.00. The van der Waals surface area contributed by atoms with Crippen LogP contribution in [-0.2, 0) is 0 Å². The van der Waals surface area contributed by atoms with Crippen LogP contribution in [0.3, 0.4) is 0 Å². The van der Waals surface area contributed by atoms with Gasteiger partial charge >= 0.3 is 0 Å². The zero-order chi connectivity index (χ0) is 12.0. The van der Waals surface area contributed by atoms with Crippen LogP contribution >= 0.6 is 0 Å². The SMILES string of the molecule is C=CC(C)(C)/C=C\C=C/C.CC.CC. The molecule has 0 atom stereocenters. The minimum absolute atomic E-state index is 0.125. The van der Waals surface area contributed by atoms with Crippen molar-refractivity contribution in [3.63, 3.8) is 0 Å². The molecular formula is C14H28. The molecule has 0 aromatic carbocycles. The molecule has 0 aliphatic rings. The van der Waals surface area contributed by atoms with Gasteiger partial charge in [-0.3, -0.25) is 0 Å². The van der Waals surface area contributed by atoms with Crippen molar-refractivity contribution in [2.45, 2.75) is 48.5 Å². The van der Waals surface area contributed by atoms with Gasteiger partial charge in [-0.15, -0.1) is 6.58 Å². The first-order valence-corrected chi connectivity index (χ1v) is 5.56. The maximum absolute atomic E-state index is 3.74. The van der Waals surface area contributed by atoms with E-state index in [1.165, 1.54) is 0 Å². The molecule has 0 fully saturated rings. The maximum Gasteiger partial charge on any atom is 0.000484 e. The van der Waals surface area contributed by atoms with Gasteiger partial charge in [0.2, 0.25) is 0 Å². The fourth-order valence-electron chi connectivity index (χ4n) is 0.483. The highest BCUT2D eigenvalue weighted by molar-refractivity contribution is 5.10.